The summed E-state index contributed by atoms with van der Waals surface area (Å²) in [6.45, 7) is 2.24. The number of aryl methyl sites for hydroxylation is 1. The predicted molar refractivity (Wildman–Crippen MR) is 108 cm³/mol. The highest BCUT2D eigenvalue weighted by Crippen LogP contribution is 2.24. The van der Waals surface area contributed by atoms with Crippen molar-refractivity contribution < 1.29 is 22.8 Å². The number of hydroxylamine groups is 1. The first kappa shape index (κ1) is 21.5. The second-order valence-corrected chi connectivity index (χ2v) is 9.90. The molecule has 2 atom stereocenters. The van der Waals surface area contributed by atoms with Crippen LogP contribution in [0.25, 0.3) is 11.1 Å². The average Bonchev–Trinajstić information content (AvgIpc) is 3.20. The molecule has 1 unspecified atom stereocenters. The van der Waals surface area contributed by atoms with E-state index in [0.717, 1.165) is 30.2 Å². The Bertz CT molecular complexity index is 923. The summed E-state index contributed by atoms with van der Waals surface area (Å²) in [6, 6.07) is 9.76. The van der Waals surface area contributed by atoms with Gasteiger partial charge in [-0.15, -0.1) is 0 Å². The lowest BCUT2D eigenvalue weighted by Gasteiger charge is -2.28. The number of nitrogens with zero attached hydrogens (tertiary/aromatic N) is 2. The topological polar surface area (TPSA) is 99.5 Å². The van der Waals surface area contributed by atoms with Crippen molar-refractivity contribution in [3.8, 4) is 11.1 Å². The summed E-state index contributed by atoms with van der Waals surface area (Å²) in [6.07, 6.45) is 6.67. The van der Waals surface area contributed by atoms with Gasteiger partial charge in [0.05, 0.1) is 6.20 Å². The largest absolute Gasteiger partial charge is 0.350 e. The molecule has 0 bridgehead atoms. The van der Waals surface area contributed by atoms with Crippen molar-refractivity contribution in [2.75, 3.05) is 12.9 Å². The van der Waals surface area contributed by atoms with Gasteiger partial charge < -0.3 is 4.74 Å². The van der Waals surface area contributed by atoms with E-state index in [4.69, 9.17) is 9.57 Å². The Kier molecular flexibility index (Phi) is 6.71. The molecule has 0 radical (unpaired) electrons. The van der Waals surface area contributed by atoms with E-state index in [1.54, 1.807) is 10.9 Å². The zero-order chi connectivity index (χ0) is 20.9. The molecule has 0 saturated carbocycles. The van der Waals surface area contributed by atoms with Crippen molar-refractivity contribution in [1.29, 1.82) is 0 Å². The van der Waals surface area contributed by atoms with E-state index in [1.165, 1.54) is 6.92 Å². The van der Waals surface area contributed by atoms with E-state index >= 15 is 0 Å². The van der Waals surface area contributed by atoms with E-state index < -0.39 is 26.8 Å². The maximum absolute atomic E-state index is 12.7. The van der Waals surface area contributed by atoms with E-state index in [1.807, 2.05) is 36.5 Å². The van der Waals surface area contributed by atoms with Gasteiger partial charge in [-0.3, -0.25) is 9.48 Å². The average molecular weight is 422 g/mol. The third-order valence-corrected chi connectivity index (χ3v) is 7.30. The summed E-state index contributed by atoms with van der Waals surface area (Å²) in [7, 11) is -3.71. The fourth-order valence-electron chi connectivity index (χ4n) is 3.09. The van der Waals surface area contributed by atoms with Crippen LogP contribution in [0.1, 0.15) is 32.6 Å². The van der Waals surface area contributed by atoms with Crippen molar-refractivity contribution >= 4 is 15.7 Å². The third kappa shape index (κ3) is 5.23. The Balaban J connectivity index is 1.65. The molecular weight excluding hydrogens is 394 g/mol. The molecule has 29 heavy (non-hydrogen) atoms. The minimum atomic E-state index is -3.71. The van der Waals surface area contributed by atoms with Crippen LogP contribution in [0.15, 0.2) is 42.7 Å². The van der Waals surface area contributed by atoms with Crippen LogP contribution < -0.4 is 5.48 Å². The molecule has 1 aliphatic rings. The summed E-state index contributed by atoms with van der Waals surface area (Å²) in [5, 5.41) is 4.30. The first-order valence-electron chi connectivity index (χ1n) is 9.65. The third-order valence-electron chi connectivity index (χ3n) is 5.28. The first-order valence-corrected chi connectivity index (χ1v) is 11.5. The van der Waals surface area contributed by atoms with Gasteiger partial charge in [-0.1, -0.05) is 30.3 Å². The molecule has 8 nitrogen and oxygen atoms in total. The van der Waals surface area contributed by atoms with Gasteiger partial charge in [0.1, 0.15) is 0 Å². The molecule has 158 valence electrons. The summed E-state index contributed by atoms with van der Waals surface area (Å²) < 4.78 is 30.2. The monoisotopic (exact) mass is 421 g/mol. The van der Waals surface area contributed by atoms with Gasteiger partial charge in [0.15, 0.2) is 20.9 Å². The smallest absolute Gasteiger partial charge is 0.264 e. The van der Waals surface area contributed by atoms with Crippen LogP contribution in [0.2, 0.25) is 0 Å². The number of carbonyl (C=O) groups is 1. The summed E-state index contributed by atoms with van der Waals surface area (Å²) >= 11 is 0. The molecule has 1 aromatic carbocycles. The first-order chi connectivity index (χ1) is 13.8. The number of amides is 1. The Morgan fingerprint density at radius 3 is 2.72 bits per heavy atom. The van der Waals surface area contributed by atoms with Gasteiger partial charge in [0.25, 0.3) is 5.91 Å². The minimum absolute atomic E-state index is 0.0580. The number of carbonyl (C=O) groups excluding carboxylic acids is 1. The lowest BCUT2D eigenvalue weighted by atomic mass is 10.1. The van der Waals surface area contributed by atoms with Gasteiger partial charge in [-0.25, -0.2) is 18.7 Å². The molecule has 0 aliphatic carbocycles. The van der Waals surface area contributed by atoms with Gasteiger partial charge in [-0.2, -0.15) is 5.10 Å². The second kappa shape index (κ2) is 9.06. The van der Waals surface area contributed by atoms with Crippen molar-refractivity contribution in [2.45, 2.75) is 50.2 Å². The molecular formula is C20H27N3O5S. The Morgan fingerprint density at radius 2 is 2.07 bits per heavy atom. The zero-order valence-electron chi connectivity index (χ0n) is 16.7. The lowest BCUT2D eigenvalue weighted by Crippen LogP contribution is -2.51. The maximum atomic E-state index is 12.7. The van der Waals surface area contributed by atoms with E-state index in [0.29, 0.717) is 13.0 Å². The summed E-state index contributed by atoms with van der Waals surface area (Å²) in [4.78, 5) is 18.0. The maximum Gasteiger partial charge on any atom is 0.264 e. The zero-order valence-corrected chi connectivity index (χ0v) is 17.5. The van der Waals surface area contributed by atoms with E-state index in [-0.39, 0.29) is 13.0 Å². The van der Waals surface area contributed by atoms with Crippen LogP contribution >= 0.6 is 0 Å². The molecule has 3 rings (SSSR count). The SMILES string of the molecule is C[C@@](CCn1cc(-c2ccccc2)cn1)(C(=O)NOC1CCCCO1)S(C)(=O)=O. The molecule has 1 aromatic heterocycles. The molecule has 2 heterocycles. The molecule has 1 fully saturated rings. The molecule has 9 heteroatoms. The number of benzene rings is 1. The van der Waals surface area contributed by atoms with Crippen LogP contribution in [-0.4, -0.2) is 48.0 Å². The Morgan fingerprint density at radius 1 is 1.31 bits per heavy atom. The number of hydrogen-bond acceptors (Lipinski definition) is 6. The Hall–Kier alpha value is -2.23. The highest BCUT2D eigenvalue weighted by atomic mass is 32.2. The van der Waals surface area contributed by atoms with Crippen molar-refractivity contribution in [3.05, 3.63) is 42.7 Å². The Labute approximate surface area is 171 Å². The molecule has 2 aromatic rings. The van der Waals surface area contributed by atoms with Crippen LogP contribution in [0, 0.1) is 0 Å². The molecule has 0 spiro atoms. The number of hydrogen-bond donors (Lipinski definition) is 1. The quantitative estimate of drug-likeness (QED) is 0.657. The summed E-state index contributed by atoms with van der Waals surface area (Å²) in [5.41, 5.74) is 4.24. The molecule has 1 aliphatic heterocycles. The van der Waals surface area contributed by atoms with Gasteiger partial charge in [0.2, 0.25) is 0 Å². The number of nitrogens with one attached hydrogen (secondary N) is 1. The lowest BCUT2D eigenvalue weighted by molar-refractivity contribution is -0.201. The molecule has 1 saturated heterocycles. The van der Waals surface area contributed by atoms with Crippen LogP contribution in [0.4, 0.5) is 0 Å². The van der Waals surface area contributed by atoms with E-state index in [2.05, 4.69) is 10.6 Å². The van der Waals surface area contributed by atoms with Crippen LogP contribution in [0.3, 0.4) is 0 Å². The van der Waals surface area contributed by atoms with Crippen LogP contribution in [0.5, 0.6) is 0 Å². The van der Waals surface area contributed by atoms with Gasteiger partial charge in [-0.05, 0) is 31.7 Å². The molecule has 1 amide bonds. The van der Waals surface area contributed by atoms with Gasteiger partial charge >= 0.3 is 0 Å². The number of ether oxygens (including phenoxy) is 1. The number of aromatic nitrogens is 2. The van der Waals surface area contributed by atoms with Crippen LogP contribution in [-0.2, 0) is 30.8 Å². The van der Waals surface area contributed by atoms with Crippen molar-refractivity contribution in [3.63, 3.8) is 0 Å². The minimum Gasteiger partial charge on any atom is -0.350 e. The highest BCUT2D eigenvalue weighted by molar-refractivity contribution is 7.92. The van der Waals surface area contributed by atoms with E-state index in [9.17, 15) is 13.2 Å². The second-order valence-electron chi connectivity index (χ2n) is 7.46. The highest BCUT2D eigenvalue weighted by Gasteiger charge is 2.44. The van der Waals surface area contributed by atoms with Gasteiger partial charge in [0, 0.05) is 37.6 Å². The summed E-state index contributed by atoms with van der Waals surface area (Å²) in [5.74, 6) is -0.704. The van der Waals surface area contributed by atoms with Crippen molar-refractivity contribution in [2.24, 2.45) is 0 Å². The fourth-order valence-corrected chi connectivity index (χ4v) is 3.93. The number of rotatable bonds is 8. The predicted octanol–water partition coefficient (Wildman–Crippen LogP) is 2.32. The fraction of sp³-hybridized carbons (Fsp3) is 0.500. The number of sulfone groups is 1. The normalized spacial score (nSPS) is 19.4. The standard InChI is InChI=1S/C20H27N3O5S/c1-20(29(2,25)26,19(24)22-28-18-10-6-7-13-27-18)11-12-23-15-17(14-21-23)16-8-4-3-5-9-16/h3-5,8-9,14-15,18H,6-7,10-13H2,1-2H3,(H,22,24)/t18?,20-/m1/s1. The van der Waals surface area contributed by atoms with Crippen molar-refractivity contribution in [1.82, 2.24) is 15.3 Å². The molecule has 1 N–H and O–H groups in total.